The van der Waals surface area contributed by atoms with Gasteiger partial charge >= 0.3 is 0 Å². The zero-order valence-corrected chi connectivity index (χ0v) is 14.5. The highest BCUT2D eigenvalue weighted by atomic mass is 32.2. The fourth-order valence-corrected chi connectivity index (χ4v) is 4.46. The first-order valence-corrected chi connectivity index (χ1v) is 10.3. The molecule has 2 aliphatic rings. The molecule has 1 aromatic carbocycles. The smallest absolute Gasteiger partial charge is 0.208 e. The monoisotopic (exact) mass is 338 g/mol. The van der Waals surface area contributed by atoms with Crippen molar-refractivity contribution in [1.82, 2.24) is 9.62 Å². The molecule has 0 unspecified atom stereocenters. The zero-order chi connectivity index (χ0) is 16.3. The lowest BCUT2D eigenvalue weighted by Gasteiger charge is -2.34. The minimum atomic E-state index is -3.09. The molecule has 0 amide bonds. The molecule has 0 aromatic heterocycles. The fourth-order valence-electron chi connectivity index (χ4n) is 3.62. The number of nitrogens with zero attached hydrogens (tertiary/aromatic N) is 1. The molecule has 5 nitrogen and oxygen atoms in total. The van der Waals surface area contributed by atoms with E-state index in [0.717, 1.165) is 57.7 Å². The van der Waals surface area contributed by atoms with Gasteiger partial charge in [0.2, 0.25) is 10.0 Å². The molecule has 6 heteroatoms. The van der Waals surface area contributed by atoms with Crippen LogP contribution in [0.15, 0.2) is 24.3 Å². The van der Waals surface area contributed by atoms with Crippen LogP contribution in [0.1, 0.15) is 24.8 Å². The number of benzene rings is 1. The third kappa shape index (κ3) is 4.93. The predicted molar refractivity (Wildman–Crippen MR) is 91.2 cm³/mol. The van der Waals surface area contributed by atoms with Gasteiger partial charge in [-0.3, -0.25) is 0 Å². The molecule has 3 rings (SSSR count). The van der Waals surface area contributed by atoms with Crippen LogP contribution in [-0.2, 0) is 16.4 Å². The molecule has 1 saturated heterocycles. The molecule has 23 heavy (non-hydrogen) atoms. The maximum atomic E-state index is 11.3. The number of fused-ring (bicyclic) bond motifs is 1. The largest absolute Gasteiger partial charge is 0.493 e. The van der Waals surface area contributed by atoms with Crippen molar-refractivity contribution in [2.24, 2.45) is 5.92 Å². The maximum Gasteiger partial charge on any atom is 0.208 e. The number of hydrogen-bond acceptors (Lipinski definition) is 4. The van der Waals surface area contributed by atoms with Gasteiger partial charge < -0.3 is 9.64 Å². The molecule has 1 atom stereocenters. The summed E-state index contributed by atoms with van der Waals surface area (Å²) in [5, 5.41) is 0. The van der Waals surface area contributed by atoms with Gasteiger partial charge in [0.25, 0.3) is 0 Å². The molecule has 0 radical (unpaired) electrons. The summed E-state index contributed by atoms with van der Waals surface area (Å²) in [6, 6.07) is 8.42. The lowest BCUT2D eigenvalue weighted by molar-refractivity contribution is 0.169. The van der Waals surface area contributed by atoms with Crippen LogP contribution in [0.4, 0.5) is 0 Å². The Hall–Kier alpha value is -1.11. The molecule has 2 heterocycles. The van der Waals surface area contributed by atoms with Crippen molar-refractivity contribution in [3.05, 3.63) is 29.8 Å². The van der Waals surface area contributed by atoms with Crippen molar-refractivity contribution >= 4 is 10.0 Å². The van der Waals surface area contributed by atoms with E-state index >= 15 is 0 Å². The number of sulfonamides is 1. The van der Waals surface area contributed by atoms with Gasteiger partial charge in [0.05, 0.1) is 12.9 Å². The van der Waals surface area contributed by atoms with Gasteiger partial charge in [-0.15, -0.1) is 0 Å². The molecule has 0 spiro atoms. The minimum Gasteiger partial charge on any atom is -0.493 e. The van der Waals surface area contributed by atoms with E-state index in [0.29, 0.717) is 5.92 Å². The van der Waals surface area contributed by atoms with E-state index in [1.807, 2.05) is 6.07 Å². The van der Waals surface area contributed by atoms with Crippen LogP contribution >= 0.6 is 0 Å². The topological polar surface area (TPSA) is 58.6 Å². The van der Waals surface area contributed by atoms with Gasteiger partial charge in [0, 0.05) is 12.6 Å². The summed E-state index contributed by atoms with van der Waals surface area (Å²) in [5.41, 5.74) is 1.31. The Morgan fingerprint density at radius 2 is 1.96 bits per heavy atom. The number of hydrogen-bond donors (Lipinski definition) is 1. The second-order valence-electron chi connectivity index (χ2n) is 6.78. The van der Waals surface area contributed by atoms with Crippen molar-refractivity contribution < 1.29 is 13.2 Å². The van der Waals surface area contributed by atoms with Gasteiger partial charge in [0.15, 0.2) is 0 Å². The summed E-state index contributed by atoms with van der Waals surface area (Å²) in [6.07, 6.45) is 5.18. The Morgan fingerprint density at radius 3 is 2.70 bits per heavy atom. The van der Waals surface area contributed by atoms with E-state index in [4.69, 9.17) is 4.74 Å². The van der Waals surface area contributed by atoms with Crippen LogP contribution < -0.4 is 9.46 Å². The van der Waals surface area contributed by atoms with Crippen molar-refractivity contribution in [2.75, 3.05) is 32.5 Å². The van der Waals surface area contributed by atoms with Crippen molar-refractivity contribution in [1.29, 1.82) is 0 Å². The summed E-state index contributed by atoms with van der Waals surface area (Å²) < 4.78 is 31.2. The lowest BCUT2D eigenvalue weighted by atomic mass is 9.95. The van der Waals surface area contributed by atoms with Crippen LogP contribution in [0.3, 0.4) is 0 Å². The number of likely N-dealkylation sites (tertiary alicyclic amines) is 1. The van der Waals surface area contributed by atoms with Crippen LogP contribution in [0.2, 0.25) is 0 Å². The number of para-hydroxylation sites is 1. The molecule has 1 N–H and O–H groups in total. The average Bonchev–Trinajstić information content (AvgIpc) is 2.69. The highest BCUT2D eigenvalue weighted by molar-refractivity contribution is 7.88. The number of nitrogens with one attached hydrogen (secondary N) is 1. The van der Waals surface area contributed by atoms with Gasteiger partial charge in [-0.1, -0.05) is 18.2 Å². The Bertz CT molecular complexity index is 624. The first-order valence-electron chi connectivity index (χ1n) is 8.40. The van der Waals surface area contributed by atoms with E-state index in [1.165, 1.54) is 11.8 Å². The molecular weight excluding hydrogens is 312 g/mol. The number of piperidine rings is 1. The standard InChI is InChI=1S/C17H26N2O3S/c1-23(20,21)18-16-6-9-19(10-7-16)13-14-8-11-22-17-5-3-2-4-15(17)12-14/h2-5,14,16,18H,6-13H2,1H3/t14-/m0/s1. The van der Waals surface area contributed by atoms with E-state index in [9.17, 15) is 8.42 Å². The maximum absolute atomic E-state index is 11.3. The number of rotatable bonds is 4. The van der Waals surface area contributed by atoms with Crippen LogP contribution in [-0.4, -0.2) is 51.9 Å². The third-order valence-corrected chi connectivity index (χ3v) is 5.51. The van der Waals surface area contributed by atoms with Gasteiger partial charge in [-0.05, 0) is 56.3 Å². The molecule has 2 aliphatic heterocycles. The third-order valence-electron chi connectivity index (χ3n) is 4.75. The summed E-state index contributed by atoms with van der Waals surface area (Å²) in [7, 11) is -3.09. The predicted octanol–water partition coefficient (Wildman–Crippen LogP) is 1.64. The average molecular weight is 338 g/mol. The highest BCUT2D eigenvalue weighted by Gasteiger charge is 2.25. The van der Waals surface area contributed by atoms with Gasteiger partial charge in [-0.2, -0.15) is 0 Å². The van der Waals surface area contributed by atoms with E-state index in [-0.39, 0.29) is 6.04 Å². The minimum absolute atomic E-state index is 0.0967. The van der Waals surface area contributed by atoms with E-state index in [1.54, 1.807) is 0 Å². The Kier molecular flexibility index (Phi) is 5.24. The first kappa shape index (κ1) is 16.7. The Morgan fingerprint density at radius 1 is 1.22 bits per heavy atom. The van der Waals surface area contributed by atoms with Crippen LogP contribution in [0.25, 0.3) is 0 Å². The van der Waals surface area contributed by atoms with E-state index in [2.05, 4.69) is 27.8 Å². The SMILES string of the molecule is CS(=O)(=O)NC1CCN(C[C@H]2CCOc3ccccc3C2)CC1. The summed E-state index contributed by atoms with van der Waals surface area (Å²) in [6.45, 7) is 3.79. The van der Waals surface area contributed by atoms with Crippen molar-refractivity contribution in [3.8, 4) is 5.75 Å². The van der Waals surface area contributed by atoms with Crippen molar-refractivity contribution in [3.63, 3.8) is 0 Å². The summed E-state index contributed by atoms with van der Waals surface area (Å²) in [5.74, 6) is 1.64. The van der Waals surface area contributed by atoms with Crippen molar-refractivity contribution in [2.45, 2.75) is 31.7 Å². The quantitative estimate of drug-likeness (QED) is 0.907. The number of ether oxygens (including phenoxy) is 1. The second kappa shape index (κ2) is 7.20. The highest BCUT2D eigenvalue weighted by Crippen LogP contribution is 2.27. The zero-order valence-electron chi connectivity index (χ0n) is 13.7. The van der Waals surface area contributed by atoms with E-state index < -0.39 is 10.0 Å². The fraction of sp³-hybridized carbons (Fsp3) is 0.647. The normalized spacial score (nSPS) is 23.8. The Labute approximate surface area is 139 Å². The lowest BCUT2D eigenvalue weighted by Crippen LogP contribution is -2.45. The van der Waals surface area contributed by atoms with Crippen LogP contribution in [0.5, 0.6) is 5.75 Å². The summed E-state index contributed by atoms with van der Waals surface area (Å²) >= 11 is 0. The summed E-state index contributed by atoms with van der Waals surface area (Å²) in [4.78, 5) is 2.47. The molecule has 0 bridgehead atoms. The molecule has 128 valence electrons. The molecular formula is C17H26N2O3S. The second-order valence-corrected chi connectivity index (χ2v) is 8.56. The van der Waals surface area contributed by atoms with Gasteiger partial charge in [0.1, 0.15) is 5.75 Å². The molecule has 1 fully saturated rings. The Balaban J connectivity index is 1.51. The first-order chi connectivity index (χ1) is 11.0. The molecule has 0 saturated carbocycles. The molecule has 1 aromatic rings. The van der Waals surface area contributed by atoms with Gasteiger partial charge in [-0.25, -0.2) is 13.1 Å². The van der Waals surface area contributed by atoms with Crippen LogP contribution in [0, 0.1) is 5.92 Å². The molecule has 0 aliphatic carbocycles.